The quantitative estimate of drug-likeness (QED) is 0.465. The first kappa shape index (κ1) is 13.1. The van der Waals surface area contributed by atoms with E-state index >= 15 is 0 Å². The Hall–Kier alpha value is -0.870. The van der Waals surface area contributed by atoms with E-state index in [4.69, 9.17) is 0 Å². The molecule has 0 spiro atoms. The normalized spacial score (nSPS) is 9.29. The highest BCUT2D eigenvalue weighted by Gasteiger charge is 2.14. The fourth-order valence-corrected chi connectivity index (χ4v) is 1.43. The summed E-state index contributed by atoms with van der Waals surface area (Å²) in [7, 11) is 0. The van der Waals surface area contributed by atoms with Gasteiger partial charge in [0.15, 0.2) is 11.9 Å². The predicted octanol–water partition coefficient (Wildman–Crippen LogP) is 1.83. The third-order valence-corrected chi connectivity index (χ3v) is 2.26. The van der Waals surface area contributed by atoms with Gasteiger partial charge in [0.2, 0.25) is 5.69 Å². The molecule has 1 N–H and O–H groups in total. The van der Waals surface area contributed by atoms with E-state index in [-0.39, 0.29) is 23.9 Å². The van der Waals surface area contributed by atoms with Gasteiger partial charge < -0.3 is 10.3 Å². The Bertz CT molecular complexity index is 355. The molecule has 5 heteroatoms. The third-order valence-electron chi connectivity index (χ3n) is 1.94. The van der Waals surface area contributed by atoms with Gasteiger partial charge in [-0.25, -0.2) is 0 Å². The van der Waals surface area contributed by atoms with Crippen molar-refractivity contribution in [3.05, 3.63) is 34.8 Å². The van der Waals surface area contributed by atoms with Gasteiger partial charge in [0, 0.05) is 23.8 Å². The van der Waals surface area contributed by atoms with Gasteiger partial charge in [-0.2, -0.15) is 17.4 Å². The van der Waals surface area contributed by atoms with Crippen LogP contribution in [0.2, 0.25) is 0 Å². The van der Waals surface area contributed by atoms with Gasteiger partial charge in [0.25, 0.3) is 0 Å². The number of hydrogen-bond acceptors (Lipinski definition) is 3. The topological polar surface area (TPSA) is 47.2 Å². The zero-order chi connectivity index (χ0) is 10.0. The van der Waals surface area contributed by atoms with Crippen LogP contribution >= 0.6 is 25.0 Å². The second-order valence-electron chi connectivity index (χ2n) is 2.69. The van der Waals surface area contributed by atoms with E-state index in [9.17, 15) is 10.3 Å². The third kappa shape index (κ3) is 2.13. The average Bonchev–Trinajstić information content (AvgIpc) is 2.13. The molecule has 0 aromatic carbocycles. The molecule has 0 aliphatic carbocycles. The molecule has 0 saturated carbocycles. The minimum absolute atomic E-state index is 0. The molecule has 1 rings (SSSR count). The highest BCUT2D eigenvalue weighted by molar-refractivity contribution is 7.79. The Morgan fingerprint density at radius 3 is 2.71 bits per heavy atom. The molecule has 0 amide bonds. The summed E-state index contributed by atoms with van der Waals surface area (Å²) >= 11 is 4.07. The van der Waals surface area contributed by atoms with E-state index < -0.39 is 0 Å². The Labute approximate surface area is 94.5 Å². The molecule has 0 radical (unpaired) electrons. The molecule has 0 unspecified atom stereocenters. The van der Waals surface area contributed by atoms with Crippen molar-refractivity contribution in [3.8, 4) is 5.75 Å². The van der Waals surface area contributed by atoms with Crippen LogP contribution in [0.25, 0.3) is 6.08 Å². The lowest BCUT2D eigenvalue weighted by molar-refractivity contribution is -0.613. The summed E-state index contributed by atoms with van der Waals surface area (Å²) in [4.78, 5) is 0. The van der Waals surface area contributed by atoms with Crippen LogP contribution in [0.4, 0.5) is 0 Å². The molecule has 0 atom stereocenters. The van der Waals surface area contributed by atoms with Gasteiger partial charge in [0.1, 0.15) is 0 Å². The smallest absolute Gasteiger partial charge is 0.231 e. The van der Waals surface area contributed by atoms with Gasteiger partial charge >= 0.3 is 0 Å². The maximum Gasteiger partial charge on any atom is 0.231 e. The van der Waals surface area contributed by atoms with E-state index in [1.807, 2.05) is 0 Å². The van der Waals surface area contributed by atoms with Crippen LogP contribution in [-0.2, 0) is 5.75 Å². The zero-order valence-electron chi connectivity index (χ0n) is 7.73. The van der Waals surface area contributed by atoms with Crippen molar-refractivity contribution in [2.24, 2.45) is 0 Å². The van der Waals surface area contributed by atoms with Crippen molar-refractivity contribution >= 4 is 31.1 Å². The van der Waals surface area contributed by atoms with Crippen LogP contribution in [0.3, 0.4) is 0 Å². The van der Waals surface area contributed by atoms with Crippen molar-refractivity contribution in [2.75, 3.05) is 0 Å². The molecule has 78 valence electrons. The second kappa shape index (κ2) is 5.12. The van der Waals surface area contributed by atoms with Crippen LogP contribution in [0, 0.1) is 12.1 Å². The number of halogens is 1. The number of rotatable bonds is 2. The minimum atomic E-state index is 0. The van der Waals surface area contributed by atoms with E-state index in [1.165, 1.54) is 12.3 Å². The van der Waals surface area contributed by atoms with Gasteiger partial charge in [0.05, 0.1) is 0 Å². The molecule has 1 heterocycles. The summed E-state index contributed by atoms with van der Waals surface area (Å²) in [5, 5.41) is 20.7. The van der Waals surface area contributed by atoms with E-state index in [0.29, 0.717) is 21.6 Å². The zero-order valence-corrected chi connectivity index (χ0v) is 9.44. The molecule has 0 aliphatic rings. The monoisotopic (exact) mass is 233 g/mol. The van der Waals surface area contributed by atoms with E-state index in [1.54, 1.807) is 6.92 Å². The first-order chi connectivity index (χ1) is 6.11. The molecule has 0 saturated heterocycles. The van der Waals surface area contributed by atoms with Crippen molar-refractivity contribution in [1.29, 1.82) is 0 Å². The fraction of sp³-hybridized carbons (Fsp3) is 0.222. The standard InChI is InChI=1S/C9H11NO2S.ClH/c1-3-7-4-10(12)6(2)9(11)8(7)5-13;/h3-4,11,13H,1,5H2,2H3;1H. The van der Waals surface area contributed by atoms with Crippen molar-refractivity contribution in [2.45, 2.75) is 12.7 Å². The lowest BCUT2D eigenvalue weighted by Crippen LogP contribution is -2.30. The number of aromatic nitrogens is 1. The largest absolute Gasteiger partial charge is 0.618 e. The van der Waals surface area contributed by atoms with E-state index in [0.717, 1.165) is 0 Å². The first-order valence-electron chi connectivity index (χ1n) is 3.79. The fourth-order valence-electron chi connectivity index (χ4n) is 1.10. The Balaban J connectivity index is 0.00000169. The molecule has 3 nitrogen and oxygen atoms in total. The molecular formula is C9H12ClNO2S. The molecule has 0 fully saturated rings. The second-order valence-corrected chi connectivity index (χ2v) is 3.00. The van der Waals surface area contributed by atoms with Crippen LogP contribution in [0.1, 0.15) is 16.8 Å². The molecular weight excluding hydrogens is 222 g/mol. The van der Waals surface area contributed by atoms with Gasteiger partial charge in [-0.3, -0.25) is 0 Å². The molecule has 1 aromatic heterocycles. The van der Waals surface area contributed by atoms with Crippen molar-refractivity contribution in [1.82, 2.24) is 0 Å². The Morgan fingerprint density at radius 2 is 2.29 bits per heavy atom. The Morgan fingerprint density at radius 1 is 1.71 bits per heavy atom. The number of pyridine rings is 1. The summed E-state index contributed by atoms with van der Waals surface area (Å²) in [6.07, 6.45) is 2.91. The van der Waals surface area contributed by atoms with Crippen molar-refractivity contribution in [3.63, 3.8) is 0 Å². The van der Waals surface area contributed by atoms with Crippen LogP contribution in [0.5, 0.6) is 5.75 Å². The molecule has 0 aliphatic heterocycles. The van der Waals surface area contributed by atoms with Crippen LogP contribution in [-0.4, -0.2) is 5.11 Å². The van der Waals surface area contributed by atoms with Crippen molar-refractivity contribution < 1.29 is 9.84 Å². The van der Waals surface area contributed by atoms with Gasteiger partial charge in [-0.05, 0) is 0 Å². The highest BCUT2D eigenvalue weighted by atomic mass is 35.5. The van der Waals surface area contributed by atoms with Gasteiger partial charge in [-0.1, -0.05) is 12.7 Å². The molecule has 1 aromatic rings. The summed E-state index contributed by atoms with van der Waals surface area (Å²) in [6.45, 7) is 5.11. The number of hydrogen-bond donors (Lipinski definition) is 2. The summed E-state index contributed by atoms with van der Waals surface area (Å²) in [5.74, 6) is 0.386. The molecule has 14 heavy (non-hydrogen) atoms. The predicted molar refractivity (Wildman–Crippen MR) is 61.8 cm³/mol. The summed E-state index contributed by atoms with van der Waals surface area (Å²) in [6, 6.07) is 0. The van der Waals surface area contributed by atoms with Crippen LogP contribution < -0.4 is 4.73 Å². The van der Waals surface area contributed by atoms with Gasteiger partial charge in [-0.15, -0.1) is 12.4 Å². The number of aromatic hydroxyl groups is 1. The SMILES string of the molecule is C=Cc1c[n+]([O-])c(C)c(O)c1CS.Cl. The highest BCUT2D eigenvalue weighted by Crippen LogP contribution is 2.24. The van der Waals surface area contributed by atoms with E-state index in [2.05, 4.69) is 19.2 Å². The Kier molecular flexibility index (Phi) is 4.80. The maximum absolute atomic E-state index is 11.2. The number of thiol groups is 1. The summed E-state index contributed by atoms with van der Waals surface area (Å²) < 4.78 is 0.624. The molecule has 0 bridgehead atoms. The summed E-state index contributed by atoms with van der Waals surface area (Å²) in [5.41, 5.74) is 1.55. The average molecular weight is 234 g/mol. The maximum atomic E-state index is 11.2. The lowest BCUT2D eigenvalue weighted by atomic mass is 10.1. The van der Waals surface area contributed by atoms with Crippen LogP contribution in [0.15, 0.2) is 12.8 Å². The minimum Gasteiger partial charge on any atom is -0.618 e. The number of nitrogens with zero attached hydrogens (tertiary/aromatic N) is 1. The first-order valence-corrected chi connectivity index (χ1v) is 4.43. The lowest BCUT2D eigenvalue weighted by Gasteiger charge is -2.08.